The van der Waals surface area contributed by atoms with E-state index in [2.05, 4.69) is 50.2 Å². The van der Waals surface area contributed by atoms with Crippen LogP contribution >= 0.6 is 0 Å². The first-order valence-electron chi connectivity index (χ1n) is 5.31. The highest BCUT2D eigenvalue weighted by molar-refractivity contribution is 8.29. The van der Waals surface area contributed by atoms with Crippen molar-refractivity contribution in [3.63, 3.8) is 0 Å². The fraction of sp³-hybridized carbons (Fsp3) is 0.143. The number of hydrogen-bond acceptors (Lipinski definition) is 1. The van der Waals surface area contributed by atoms with Gasteiger partial charge < -0.3 is 0 Å². The van der Waals surface area contributed by atoms with Crippen molar-refractivity contribution in [2.45, 2.75) is 23.6 Å². The zero-order chi connectivity index (χ0) is 11.3. The molecule has 80 valence electrons. The fourth-order valence-corrected chi connectivity index (χ4v) is 5.33. The van der Waals surface area contributed by atoms with Crippen LogP contribution < -0.4 is 0 Å². The first kappa shape index (κ1) is 10.2. The molecule has 0 N–H and O–H groups in total. The first-order valence-corrected chi connectivity index (χ1v) is 7.46. The molecule has 0 aromatic heterocycles. The van der Waals surface area contributed by atoms with Gasteiger partial charge in [-0.3, -0.25) is 0 Å². The van der Waals surface area contributed by atoms with Crippen LogP contribution in [0.15, 0.2) is 46.2 Å². The highest BCUT2D eigenvalue weighted by Gasteiger charge is 2.24. The summed E-state index contributed by atoms with van der Waals surface area (Å²) in [6.45, 7) is 4.32. The summed E-state index contributed by atoms with van der Waals surface area (Å²) in [6, 6.07) is 13.0. The van der Waals surface area contributed by atoms with Crippen molar-refractivity contribution >= 4 is 20.6 Å². The average Bonchev–Trinajstić information content (AvgIpc) is 2.56. The summed E-state index contributed by atoms with van der Waals surface area (Å²) in [5, 5.41) is 0. The molecule has 2 aromatic rings. The number of rotatable bonds is 0. The van der Waals surface area contributed by atoms with Crippen molar-refractivity contribution < 1.29 is 0 Å². The van der Waals surface area contributed by atoms with Gasteiger partial charge in [-0.1, -0.05) is 45.9 Å². The SMILES string of the molecule is Cc1cccc2c1S(=S)c1c(C)cccc1-2. The number of benzene rings is 2. The van der Waals surface area contributed by atoms with Crippen LogP contribution in [0.5, 0.6) is 0 Å². The summed E-state index contributed by atoms with van der Waals surface area (Å²) < 4.78 is 0. The van der Waals surface area contributed by atoms with Gasteiger partial charge in [-0.05, 0) is 47.3 Å². The second-order valence-corrected chi connectivity index (χ2v) is 6.53. The molecule has 0 atom stereocenters. The van der Waals surface area contributed by atoms with Crippen molar-refractivity contribution in [2.75, 3.05) is 0 Å². The van der Waals surface area contributed by atoms with Crippen molar-refractivity contribution in [3.8, 4) is 11.1 Å². The molecule has 0 spiro atoms. The summed E-state index contributed by atoms with van der Waals surface area (Å²) >= 11 is 5.71. The van der Waals surface area contributed by atoms with Crippen LogP contribution in [0.25, 0.3) is 11.1 Å². The molecule has 1 heterocycles. The van der Waals surface area contributed by atoms with Crippen molar-refractivity contribution in [3.05, 3.63) is 47.5 Å². The Bertz CT molecular complexity index is 559. The highest BCUT2D eigenvalue weighted by atomic mass is 32.8. The van der Waals surface area contributed by atoms with E-state index in [1.54, 1.807) is 0 Å². The van der Waals surface area contributed by atoms with Gasteiger partial charge in [0.15, 0.2) is 0 Å². The summed E-state index contributed by atoms with van der Waals surface area (Å²) in [5.41, 5.74) is 5.34. The van der Waals surface area contributed by atoms with Gasteiger partial charge in [0, 0.05) is 9.79 Å². The lowest BCUT2D eigenvalue weighted by atomic mass is 10.0. The Kier molecular flexibility index (Phi) is 2.23. The maximum absolute atomic E-state index is 5.71. The standard InChI is InChI=1S/C14H12S2/c1-9-5-3-7-11-12-8-4-6-10(2)14(12)16(15)13(9)11/h3-8H,1-2H3. The van der Waals surface area contributed by atoms with Gasteiger partial charge in [0.05, 0.1) is 0 Å². The molecule has 1 aliphatic heterocycles. The molecule has 0 fully saturated rings. The van der Waals surface area contributed by atoms with E-state index in [-0.39, 0.29) is 9.45 Å². The third kappa shape index (κ3) is 1.23. The summed E-state index contributed by atoms with van der Waals surface area (Å²) in [4.78, 5) is 2.73. The molecule has 2 heteroatoms. The topological polar surface area (TPSA) is 0 Å². The molecular formula is C14H12S2. The van der Waals surface area contributed by atoms with Crippen molar-refractivity contribution in [2.24, 2.45) is 0 Å². The van der Waals surface area contributed by atoms with E-state index in [9.17, 15) is 0 Å². The van der Waals surface area contributed by atoms with Crippen LogP contribution in [0.2, 0.25) is 0 Å². The second kappa shape index (κ2) is 3.51. The molecule has 1 aliphatic rings. The Morgan fingerprint density at radius 3 is 1.69 bits per heavy atom. The minimum absolute atomic E-state index is 0.163. The number of fused-ring (bicyclic) bond motifs is 3. The maximum atomic E-state index is 5.71. The molecule has 0 saturated carbocycles. The average molecular weight is 244 g/mol. The van der Waals surface area contributed by atoms with Gasteiger partial charge in [0.1, 0.15) is 0 Å². The maximum Gasteiger partial charge on any atom is 0.0273 e. The van der Waals surface area contributed by atoms with Crippen LogP contribution in [-0.2, 0) is 20.6 Å². The minimum Gasteiger partial charge on any atom is -0.0613 e. The molecule has 3 rings (SSSR count). The lowest BCUT2D eigenvalue weighted by molar-refractivity contribution is 1.31. The quantitative estimate of drug-likeness (QED) is 0.580. The van der Waals surface area contributed by atoms with Gasteiger partial charge in [0.25, 0.3) is 0 Å². The van der Waals surface area contributed by atoms with Crippen LogP contribution in [0.4, 0.5) is 0 Å². The van der Waals surface area contributed by atoms with Gasteiger partial charge in [-0.2, -0.15) is 0 Å². The monoisotopic (exact) mass is 244 g/mol. The van der Waals surface area contributed by atoms with E-state index in [4.69, 9.17) is 11.2 Å². The summed E-state index contributed by atoms with van der Waals surface area (Å²) in [5.74, 6) is 0. The first-order chi connectivity index (χ1) is 7.70. The molecule has 0 saturated heterocycles. The number of hydrogen-bond donors (Lipinski definition) is 0. The van der Waals surface area contributed by atoms with E-state index in [1.165, 1.54) is 32.0 Å². The van der Waals surface area contributed by atoms with Crippen molar-refractivity contribution in [1.82, 2.24) is 0 Å². The predicted octanol–water partition coefficient (Wildman–Crippen LogP) is 3.78. The van der Waals surface area contributed by atoms with E-state index in [0.29, 0.717) is 0 Å². The van der Waals surface area contributed by atoms with Gasteiger partial charge in [-0.15, -0.1) is 0 Å². The Morgan fingerprint density at radius 1 is 0.812 bits per heavy atom. The van der Waals surface area contributed by atoms with Gasteiger partial charge in [-0.25, -0.2) is 0 Å². The third-order valence-electron chi connectivity index (χ3n) is 3.08. The zero-order valence-corrected chi connectivity index (χ0v) is 10.9. The molecule has 16 heavy (non-hydrogen) atoms. The Labute approximate surface area is 103 Å². The van der Waals surface area contributed by atoms with E-state index in [0.717, 1.165) is 0 Å². The Morgan fingerprint density at radius 2 is 1.25 bits per heavy atom. The van der Waals surface area contributed by atoms with Crippen LogP contribution in [0.1, 0.15) is 11.1 Å². The molecule has 0 aliphatic carbocycles. The smallest absolute Gasteiger partial charge is 0.0273 e. The summed E-state index contributed by atoms with van der Waals surface area (Å²) in [6.07, 6.45) is 0. The summed E-state index contributed by atoms with van der Waals surface area (Å²) in [7, 11) is -0.163. The zero-order valence-electron chi connectivity index (χ0n) is 9.28. The molecule has 0 nitrogen and oxygen atoms in total. The molecule has 0 bridgehead atoms. The van der Waals surface area contributed by atoms with Gasteiger partial charge >= 0.3 is 0 Å². The van der Waals surface area contributed by atoms with Crippen LogP contribution in [0.3, 0.4) is 0 Å². The van der Waals surface area contributed by atoms with Crippen LogP contribution in [-0.4, -0.2) is 0 Å². The van der Waals surface area contributed by atoms with E-state index < -0.39 is 0 Å². The van der Waals surface area contributed by atoms with E-state index >= 15 is 0 Å². The lowest BCUT2D eigenvalue weighted by Gasteiger charge is -2.04. The van der Waals surface area contributed by atoms with Gasteiger partial charge in [0.2, 0.25) is 0 Å². The normalized spacial score (nSPS) is 13.6. The molecule has 0 unspecified atom stereocenters. The molecular weight excluding hydrogens is 232 g/mol. The van der Waals surface area contributed by atoms with Crippen LogP contribution in [0, 0.1) is 13.8 Å². The fourth-order valence-electron chi connectivity index (χ4n) is 2.32. The number of aryl methyl sites for hydroxylation is 2. The molecule has 0 radical (unpaired) electrons. The van der Waals surface area contributed by atoms with E-state index in [1.807, 2.05) is 0 Å². The largest absolute Gasteiger partial charge is 0.0613 e. The highest BCUT2D eigenvalue weighted by Crippen LogP contribution is 2.43. The molecule has 0 amide bonds. The molecule has 2 aromatic carbocycles. The predicted molar refractivity (Wildman–Crippen MR) is 72.6 cm³/mol. The van der Waals surface area contributed by atoms with Crippen molar-refractivity contribution in [1.29, 1.82) is 0 Å². The second-order valence-electron chi connectivity index (χ2n) is 4.17. The lowest BCUT2D eigenvalue weighted by Crippen LogP contribution is -1.90. The Balaban J connectivity index is 2.44. The minimum atomic E-state index is -0.163. The Hall–Kier alpha value is -0.990. The third-order valence-corrected chi connectivity index (χ3v) is 5.91.